The molecule has 3 N–H and O–H groups in total. The molecular formula is C20H26N3O4S+. The van der Waals surface area contributed by atoms with Gasteiger partial charge in [0.15, 0.2) is 9.84 Å². The van der Waals surface area contributed by atoms with E-state index in [0.29, 0.717) is 18.7 Å². The molecule has 0 radical (unpaired) electrons. The van der Waals surface area contributed by atoms with Gasteiger partial charge in [-0.3, -0.25) is 9.59 Å². The van der Waals surface area contributed by atoms with Gasteiger partial charge in [-0.1, -0.05) is 48.5 Å². The van der Waals surface area contributed by atoms with E-state index in [9.17, 15) is 18.0 Å². The van der Waals surface area contributed by atoms with Crippen LogP contribution >= 0.6 is 0 Å². The third kappa shape index (κ3) is 5.90. The molecule has 0 saturated heterocycles. The molecule has 7 nitrogen and oxygen atoms in total. The van der Waals surface area contributed by atoms with Crippen molar-refractivity contribution in [3.63, 3.8) is 0 Å². The number of rotatable bonds is 8. The Kier molecular flexibility index (Phi) is 7.71. The highest BCUT2D eigenvalue weighted by Crippen LogP contribution is 2.28. The molecule has 0 aliphatic carbocycles. The van der Waals surface area contributed by atoms with Gasteiger partial charge in [0.05, 0.1) is 32.1 Å². The molecule has 0 aliphatic heterocycles. The van der Waals surface area contributed by atoms with E-state index < -0.39 is 26.9 Å². The fraction of sp³-hybridized carbons (Fsp3) is 0.300. The maximum Gasteiger partial charge on any atom is 0.309 e. The van der Waals surface area contributed by atoms with Crippen molar-refractivity contribution >= 4 is 21.7 Å². The highest BCUT2D eigenvalue weighted by Gasteiger charge is 2.30. The quantitative estimate of drug-likeness (QED) is 0.521. The van der Waals surface area contributed by atoms with E-state index in [4.69, 9.17) is 0 Å². The molecule has 2 amide bonds. The molecule has 8 heteroatoms. The van der Waals surface area contributed by atoms with Gasteiger partial charge in [0, 0.05) is 6.54 Å². The Balaban J connectivity index is 2.14. The van der Waals surface area contributed by atoms with Gasteiger partial charge in [0.1, 0.15) is 5.25 Å². The lowest BCUT2D eigenvalue weighted by Crippen LogP contribution is -3.06. The van der Waals surface area contributed by atoms with E-state index in [2.05, 4.69) is 10.6 Å². The molecule has 1 atom stereocenters. The van der Waals surface area contributed by atoms with Crippen LogP contribution in [-0.2, 0) is 19.4 Å². The standard InChI is InChI=1S/C20H25N3O4S/c1-23(2)14-13-21-19(24)20(25)22-15-18(16-9-5-3-6-10-16)28(26,27)17-11-7-4-8-12-17/h3-12,18H,13-15H2,1-2H3,(H,21,24)(H,22,25)/p+1/t18-/m1/s1. The molecule has 0 aromatic heterocycles. The van der Waals surface area contributed by atoms with Crippen LogP contribution in [0.25, 0.3) is 0 Å². The lowest BCUT2D eigenvalue weighted by molar-refractivity contribution is -0.856. The summed E-state index contributed by atoms with van der Waals surface area (Å²) in [5.74, 6) is -1.62. The lowest BCUT2D eigenvalue weighted by atomic mass is 10.1. The number of nitrogens with one attached hydrogen (secondary N) is 3. The first-order valence-corrected chi connectivity index (χ1v) is 10.6. The molecule has 0 spiro atoms. The highest BCUT2D eigenvalue weighted by atomic mass is 32.2. The van der Waals surface area contributed by atoms with Crippen LogP contribution < -0.4 is 15.5 Å². The summed E-state index contributed by atoms with van der Waals surface area (Å²) in [6.45, 7) is 0.833. The second-order valence-corrected chi connectivity index (χ2v) is 8.81. The van der Waals surface area contributed by atoms with Gasteiger partial charge in [-0.05, 0) is 17.7 Å². The third-order valence-electron chi connectivity index (χ3n) is 4.18. The Morgan fingerprint density at radius 1 is 0.893 bits per heavy atom. The van der Waals surface area contributed by atoms with Crippen LogP contribution in [0.15, 0.2) is 65.6 Å². The molecule has 0 aliphatic rings. The zero-order valence-electron chi connectivity index (χ0n) is 16.0. The van der Waals surface area contributed by atoms with Gasteiger partial charge in [0.2, 0.25) is 0 Å². The van der Waals surface area contributed by atoms with Crippen LogP contribution in [0.3, 0.4) is 0 Å². The highest BCUT2D eigenvalue weighted by molar-refractivity contribution is 7.91. The maximum atomic E-state index is 13.1. The Hall–Kier alpha value is -2.71. The second-order valence-electron chi connectivity index (χ2n) is 6.68. The minimum atomic E-state index is -3.75. The van der Waals surface area contributed by atoms with Crippen molar-refractivity contribution in [2.24, 2.45) is 0 Å². The molecule has 0 unspecified atom stereocenters. The SMILES string of the molecule is C[NH+](C)CCNC(=O)C(=O)NC[C@H](c1ccccc1)S(=O)(=O)c1ccccc1. The van der Waals surface area contributed by atoms with Crippen LogP contribution in [0.2, 0.25) is 0 Å². The Morgan fingerprint density at radius 2 is 1.43 bits per heavy atom. The predicted molar refractivity (Wildman–Crippen MR) is 107 cm³/mol. The smallest absolute Gasteiger partial charge is 0.309 e. The number of hydrogen-bond donors (Lipinski definition) is 3. The van der Waals surface area contributed by atoms with E-state index in [1.54, 1.807) is 48.5 Å². The van der Waals surface area contributed by atoms with Crippen molar-refractivity contribution in [1.29, 1.82) is 0 Å². The van der Waals surface area contributed by atoms with Gasteiger partial charge in [-0.2, -0.15) is 0 Å². The Labute approximate surface area is 165 Å². The summed E-state index contributed by atoms with van der Waals surface area (Å²) in [7, 11) is 0.118. The molecule has 150 valence electrons. The maximum absolute atomic E-state index is 13.1. The zero-order valence-corrected chi connectivity index (χ0v) is 16.8. The van der Waals surface area contributed by atoms with E-state index in [0.717, 1.165) is 4.90 Å². The lowest BCUT2D eigenvalue weighted by Gasteiger charge is -2.19. The van der Waals surface area contributed by atoms with E-state index in [-0.39, 0.29) is 11.4 Å². The van der Waals surface area contributed by atoms with Crippen molar-refractivity contribution in [3.8, 4) is 0 Å². The summed E-state index contributed by atoms with van der Waals surface area (Å²) in [4.78, 5) is 25.3. The van der Waals surface area contributed by atoms with Gasteiger partial charge >= 0.3 is 11.8 Å². The van der Waals surface area contributed by atoms with E-state index >= 15 is 0 Å². The molecule has 0 fully saturated rings. The molecule has 0 saturated carbocycles. The number of quaternary nitrogens is 1. The first-order chi connectivity index (χ1) is 13.3. The van der Waals surface area contributed by atoms with Crippen molar-refractivity contribution < 1.29 is 22.9 Å². The summed E-state index contributed by atoms with van der Waals surface area (Å²) in [5.41, 5.74) is 0.545. The summed E-state index contributed by atoms with van der Waals surface area (Å²) in [5, 5.41) is 3.98. The van der Waals surface area contributed by atoms with Crippen LogP contribution in [0.4, 0.5) is 0 Å². The second kappa shape index (κ2) is 10.0. The minimum absolute atomic E-state index is 0.163. The fourth-order valence-corrected chi connectivity index (χ4v) is 4.30. The monoisotopic (exact) mass is 404 g/mol. The van der Waals surface area contributed by atoms with Crippen LogP contribution in [0.5, 0.6) is 0 Å². The number of sulfone groups is 1. The summed E-state index contributed by atoms with van der Waals surface area (Å²) in [6.07, 6.45) is 0. The average Bonchev–Trinajstić information content (AvgIpc) is 2.69. The molecular weight excluding hydrogens is 378 g/mol. The molecule has 0 heterocycles. The number of hydrogen-bond acceptors (Lipinski definition) is 4. The number of benzene rings is 2. The summed E-state index contributed by atoms with van der Waals surface area (Å²) < 4.78 is 26.2. The van der Waals surface area contributed by atoms with Gasteiger partial charge in [-0.15, -0.1) is 0 Å². The van der Waals surface area contributed by atoms with E-state index in [1.807, 2.05) is 14.1 Å². The van der Waals surface area contributed by atoms with Gasteiger partial charge in [0.25, 0.3) is 0 Å². The van der Waals surface area contributed by atoms with Gasteiger partial charge < -0.3 is 15.5 Å². The zero-order chi connectivity index (χ0) is 20.6. The first-order valence-electron chi connectivity index (χ1n) is 9.01. The van der Waals surface area contributed by atoms with Crippen LogP contribution in [-0.4, -0.2) is 54.0 Å². The van der Waals surface area contributed by atoms with Gasteiger partial charge in [-0.25, -0.2) is 8.42 Å². The summed E-state index contributed by atoms with van der Waals surface area (Å²) in [6, 6.07) is 16.7. The van der Waals surface area contributed by atoms with Crippen LogP contribution in [0, 0.1) is 0 Å². The largest absolute Gasteiger partial charge is 0.346 e. The number of amides is 2. The Morgan fingerprint density at radius 3 is 2.00 bits per heavy atom. The number of carbonyl (C=O) groups is 2. The van der Waals surface area contributed by atoms with Crippen molar-refractivity contribution in [3.05, 3.63) is 66.2 Å². The molecule has 0 bridgehead atoms. The van der Waals surface area contributed by atoms with E-state index in [1.165, 1.54) is 12.1 Å². The van der Waals surface area contributed by atoms with Crippen molar-refractivity contribution in [2.75, 3.05) is 33.7 Å². The normalized spacial score (nSPS) is 12.4. The van der Waals surface area contributed by atoms with Crippen molar-refractivity contribution in [1.82, 2.24) is 10.6 Å². The fourth-order valence-electron chi connectivity index (χ4n) is 2.62. The predicted octanol–water partition coefficient (Wildman–Crippen LogP) is -0.421. The molecule has 28 heavy (non-hydrogen) atoms. The molecule has 2 aromatic rings. The minimum Gasteiger partial charge on any atom is -0.346 e. The van der Waals surface area contributed by atoms with Crippen LogP contribution in [0.1, 0.15) is 10.8 Å². The summed E-state index contributed by atoms with van der Waals surface area (Å²) >= 11 is 0. The number of likely N-dealkylation sites (N-methyl/N-ethyl adjacent to an activating group) is 1. The Bertz CT molecular complexity index is 884. The number of carbonyl (C=O) groups excluding carboxylic acids is 2. The third-order valence-corrected chi connectivity index (χ3v) is 6.30. The van der Waals surface area contributed by atoms with Crippen molar-refractivity contribution in [2.45, 2.75) is 10.1 Å². The average molecular weight is 405 g/mol. The topological polar surface area (TPSA) is 96.8 Å². The molecule has 2 rings (SSSR count). The molecule has 2 aromatic carbocycles. The first kappa shape index (κ1) is 21.6.